The van der Waals surface area contributed by atoms with Gasteiger partial charge in [0.25, 0.3) is 0 Å². The maximum Gasteiger partial charge on any atom is 0.178 e. The molecule has 1 saturated heterocycles. The normalized spacial score (nSPS) is 15.8. The Bertz CT molecular complexity index is 723. The first-order valence-electron chi connectivity index (χ1n) is 9.40. The van der Waals surface area contributed by atoms with Crippen molar-refractivity contribution in [2.45, 2.75) is 43.9 Å². The van der Waals surface area contributed by atoms with Crippen LogP contribution in [0.2, 0.25) is 10.0 Å². The van der Waals surface area contributed by atoms with E-state index >= 15 is 0 Å². The number of carbonyl (C=O) groups excluding carboxylic acids is 1. The molecule has 152 valence electrons. The molecule has 1 aliphatic heterocycles. The molecule has 0 bridgehead atoms. The molecule has 27 heavy (non-hydrogen) atoms. The summed E-state index contributed by atoms with van der Waals surface area (Å²) in [5.74, 6) is -0.118. The van der Waals surface area contributed by atoms with Gasteiger partial charge in [-0.3, -0.25) is 9.69 Å². The molecule has 0 N–H and O–H groups in total. The van der Waals surface area contributed by atoms with Crippen LogP contribution in [0.25, 0.3) is 0 Å². The van der Waals surface area contributed by atoms with E-state index in [2.05, 4.69) is 11.8 Å². The molecule has 2 rings (SSSR count). The van der Waals surface area contributed by atoms with Gasteiger partial charge in [0.05, 0.1) is 39.5 Å². The maximum absolute atomic E-state index is 12.6. The smallest absolute Gasteiger partial charge is 0.178 e. The molecule has 1 heterocycles. The molecule has 1 aliphatic rings. The molecule has 1 fully saturated rings. The molecule has 8 heteroatoms. The number of benzene rings is 1. The van der Waals surface area contributed by atoms with E-state index in [-0.39, 0.29) is 38.5 Å². The molecule has 0 unspecified atom stereocenters. The standard InChI is InChI=1S/C19H27Cl2NO4S/c1-2-3-4-5-12-27(24,25)15-13-16(20)19(17(21)14-15)18(23)6-7-22-8-10-26-11-9-22/h13-14H,2-12H2,1H3. The summed E-state index contributed by atoms with van der Waals surface area (Å²) in [6, 6.07) is 2.70. The predicted molar refractivity (Wildman–Crippen MR) is 109 cm³/mol. The minimum absolute atomic E-state index is 0.0595. The SMILES string of the molecule is CCCCCCS(=O)(=O)c1cc(Cl)c(C(=O)CCN2CCOCC2)c(Cl)c1. The zero-order valence-electron chi connectivity index (χ0n) is 15.7. The third-order valence-electron chi connectivity index (χ3n) is 4.68. The van der Waals surface area contributed by atoms with Crippen LogP contribution in [0.1, 0.15) is 49.4 Å². The van der Waals surface area contributed by atoms with E-state index in [0.717, 1.165) is 32.4 Å². The fourth-order valence-corrected chi connectivity index (χ4v) is 5.28. The van der Waals surface area contributed by atoms with Gasteiger partial charge < -0.3 is 4.74 Å². The molecular weight excluding hydrogens is 409 g/mol. The zero-order valence-corrected chi connectivity index (χ0v) is 18.0. The predicted octanol–water partition coefficient (Wildman–Crippen LogP) is 4.25. The third-order valence-corrected chi connectivity index (χ3v) is 7.06. The number of unbranched alkanes of at least 4 members (excludes halogenated alkanes) is 3. The van der Waals surface area contributed by atoms with E-state index in [0.29, 0.717) is 26.2 Å². The van der Waals surface area contributed by atoms with E-state index in [4.69, 9.17) is 27.9 Å². The second kappa shape index (κ2) is 10.8. The Morgan fingerprint density at radius 3 is 2.33 bits per heavy atom. The molecule has 0 radical (unpaired) electrons. The van der Waals surface area contributed by atoms with Gasteiger partial charge in [0, 0.05) is 26.1 Å². The summed E-state index contributed by atoms with van der Waals surface area (Å²) in [4.78, 5) is 14.8. The minimum Gasteiger partial charge on any atom is -0.379 e. The molecule has 0 amide bonds. The van der Waals surface area contributed by atoms with Crippen LogP contribution in [0.15, 0.2) is 17.0 Å². The van der Waals surface area contributed by atoms with Crippen molar-refractivity contribution < 1.29 is 17.9 Å². The van der Waals surface area contributed by atoms with Crippen LogP contribution in [-0.2, 0) is 14.6 Å². The number of halogens is 2. The molecule has 5 nitrogen and oxygen atoms in total. The first-order valence-corrected chi connectivity index (χ1v) is 11.8. The van der Waals surface area contributed by atoms with Gasteiger partial charge in [-0.25, -0.2) is 8.42 Å². The summed E-state index contributed by atoms with van der Waals surface area (Å²) < 4.78 is 30.3. The number of sulfone groups is 1. The fourth-order valence-electron chi connectivity index (χ4n) is 3.04. The van der Waals surface area contributed by atoms with Crippen molar-refractivity contribution in [2.24, 2.45) is 0 Å². The molecule has 0 atom stereocenters. The Kier molecular flexibility index (Phi) is 9.02. The highest BCUT2D eigenvalue weighted by atomic mass is 35.5. The van der Waals surface area contributed by atoms with Crippen LogP contribution in [0.5, 0.6) is 0 Å². The number of ether oxygens (including phenoxy) is 1. The average molecular weight is 436 g/mol. The van der Waals surface area contributed by atoms with Gasteiger partial charge in [-0.2, -0.15) is 0 Å². The van der Waals surface area contributed by atoms with Crippen molar-refractivity contribution in [2.75, 3.05) is 38.6 Å². The summed E-state index contributed by atoms with van der Waals surface area (Å²) in [5, 5.41) is 0.197. The number of Topliss-reactive ketones (excluding diaryl/α,β-unsaturated/α-hetero) is 1. The highest BCUT2D eigenvalue weighted by molar-refractivity contribution is 7.91. The van der Waals surface area contributed by atoms with E-state index in [1.165, 1.54) is 12.1 Å². The highest BCUT2D eigenvalue weighted by Crippen LogP contribution is 2.30. The Morgan fingerprint density at radius 2 is 1.74 bits per heavy atom. The Labute approximate surface area is 171 Å². The van der Waals surface area contributed by atoms with Gasteiger partial charge in [0.1, 0.15) is 0 Å². The second-order valence-electron chi connectivity index (χ2n) is 6.77. The van der Waals surface area contributed by atoms with E-state index in [1.54, 1.807) is 0 Å². The van der Waals surface area contributed by atoms with Crippen LogP contribution < -0.4 is 0 Å². The summed E-state index contributed by atoms with van der Waals surface area (Å²) in [6.07, 6.45) is 3.80. The van der Waals surface area contributed by atoms with Crippen molar-refractivity contribution in [3.8, 4) is 0 Å². The minimum atomic E-state index is -3.46. The zero-order chi connectivity index (χ0) is 19.9. The van der Waals surface area contributed by atoms with Crippen molar-refractivity contribution in [3.63, 3.8) is 0 Å². The lowest BCUT2D eigenvalue weighted by Gasteiger charge is -2.26. The average Bonchev–Trinajstić information content (AvgIpc) is 2.64. The van der Waals surface area contributed by atoms with Gasteiger partial charge in [0.15, 0.2) is 15.6 Å². The fraction of sp³-hybridized carbons (Fsp3) is 0.632. The summed E-state index contributed by atoms with van der Waals surface area (Å²) in [5.41, 5.74) is 0.205. The van der Waals surface area contributed by atoms with Crippen LogP contribution in [0.3, 0.4) is 0 Å². The molecule has 1 aromatic rings. The molecule has 0 aromatic heterocycles. The number of carbonyl (C=O) groups is 1. The Hall–Kier alpha value is -0.660. The first-order chi connectivity index (χ1) is 12.8. The summed E-state index contributed by atoms with van der Waals surface area (Å²) >= 11 is 12.5. The van der Waals surface area contributed by atoms with Crippen molar-refractivity contribution in [1.82, 2.24) is 4.90 Å². The van der Waals surface area contributed by atoms with Gasteiger partial charge in [-0.05, 0) is 18.6 Å². The first kappa shape index (κ1) is 22.6. The molecule has 0 saturated carbocycles. The Balaban J connectivity index is 2.05. The number of nitrogens with zero attached hydrogens (tertiary/aromatic N) is 1. The number of ketones is 1. The van der Waals surface area contributed by atoms with Crippen LogP contribution in [-0.4, -0.2) is 57.7 Å². The number of morpholine rings is 1. The largest absolute Gasteiger partial charge is 0.379 e. The van der Waals surface area contributed by atoms with E-state index in [1.807, 2.05) is 0 Å². The topological polar surface area (TPSA) is 63.7 Å². The van der Waals surface area contributed by atoms with Crippen molar-refractivity contribution >= 4 is 38.8 Å². The third kappa shape index (κ3) is 6.71. The van der Waals surface area contributed by atoms with Gasteiger partial charge in [0.2, 0.25) is 0 Å². The Morgan fingerprint density at radius 1 is 1.11 bits per heavy atom. The number of hydrogen-bond acceptors (Lipinski definition) is 5. The lowest BCUT2D eigenvalue weighted by Crippen LogP contribution is -2.37. The van der Waals surface area contributed by atoms with Gasteiger partial charge in [-0.15, -0.1) is 0 Å². The van der Waals surface area contributed by atoms with Crippen LogP contribution in [0, 0.1) is 0 Å². The molecular formula is C19H27Cl2NO4S. The van der Waals surface area contributed by atoms with Crippen LogP contribution >= 0.6 is 23.2 Å². The van der Waals surface area contributed by atoms with E-state index < -0.39 is 9.84 Å². The lowest BCUT2D eigenvalue weighted by atomic mass is 10.1. The summed E-state index contributed by atoms with van der Waals surface area (Å²) in [6.45, 7) is 5.60. The number of hydrogen-bond donors (Lipinski definition) is 0. The monoisotopic (exact) mass is 435 g/mol. The van der Waals surface area contributed by atoms with Crippen molar-refractivity contribution in [1.29, 1.82) is 0 Å². The lowest BCUT2D eigenvalue weighted by molar-refractivity contribution is 0.0370. The highest BCUT2D eigenvalue weighted by Gasteiger charge is 2.22. The number of rotatable bonds is 10. The van der Waals surface area contributed by atoms with Gasteiger partial charge >= 0.3 is 0 Å². The maximum atomic E-state index is 12.6. The van der Waals surface area contributed by atoms with E-state index in [9.17, 15) is 13.2 Å². The summed E-state index contributed by atoms with van der Waals surface area (Å²) in [7, 11) is -3.46. The molecule has 1 aromatic carbocycles. The van der Waals surface area contributed by atoms with Crippen LogP contribution in [0.4, 0.5) is 0 Å². The van der Waals surface area contributed by atoms with Gasteiger partial charge in [-0.1, -0.05) is 49.4 Å². The molecule has 0 aliphatic carbocycles. The second-order valence-corrected chi connectivity index (χ2v) is 9.69. The van der Waals surface area contributed by atoms with Crippen molar-refractivity contribution in [3.05, 3.63) is 27.7 Å². The molecule has 0 spiro atoms. The quantitative estimate of drug-likeness (QED) is 0.405.